The molecule has 0 bridgehead atoms. The lowest BCUT2D eigenvalue weighted by atomic mass is 10.0. The van der Waals surface area contributed by atoms with Crippen LogP contribution in [0.5, 0.6) is 0 Å². The first-order valence-electron chi connectivity index (χ1n) is 9.26. The van der Waals surface area contributed by atoms with Crippen LogP contribution in [0.4, 0.5) is 0 Å². The molecule has 0 radical (unpaired) electrons. The van der Waals surface area contributed by atoms with E-state index in [9.17, 15) is 9.59 Å². The second-order valence-corrected chi connectivity index (χ2v) is 6.90. The Labute approximate surface area is 164 Å². The molecule has 0 aliphatic heterocycles. The van der Waals surface area contributed by atoms with Gasteiger partial charge < -0.3 is 4.90 Å². The van der Waals surface area contributed by atoms with E-state index in [0.717, 1.165) is 16.8 Å². The molecule has 0 spiro atoms. The van der Waals surface area contributed by atoms with Crippen molar-refractivity contribution in [1.29, 1.82) is 0 Å². The smallest absolute Gasteiger partial charge is 0.223 e. The van der Waals surface area contributed by atoms with Crippen LogP contribution in [0.15, 0.2) is 61.2 Å². The van der Waals surface area contributed by atoms with Gasteiger partial charge in [0.05, 0.1) is 11.7 Å². The van der Waals surface area contributed by atoms with Gasteiger partial charge in [0.25, 0.3) is 0 Å². The predicted octanol–water partition coefficient (Wildman–Crippen LogP) is 3.76. The van der Waals surface area contributed by atoms with Gasteiger partial charge in [-0.25, -0.2) is 9.67 Å². The highest BCUT2D eigenvalue weighted by Gasteiger charge is 2.18. The molecule has 6 nitrogen and oxygen atoms in total. The summed E-state index contributed by atoms with van der Waals surface area (Å²) in [7, 11) is 1.77. The number of benzene rings is 2. The van der Waals surface area contributed by atoms with Crippen LogP contribution in [0.25, 0.3) is 5.69 Å². The van der Waals surface area contributed by atoms with Crippen LogP contribution in [0.2, 0.25) is 0 Å². The molecular formula is C22H24N4O2. The number of aromatic nitrogens is 3. The first-order valence-corrected chi connectivity index (χ1v) is 9.26. The summed E-state index contributed by atoms with van der Waals surface area (Å²) in [4.78, 5) is 30.5. The normalized spacial score (nSPS) is 11.8. The van der Waals surface area contributed by atoms with Gasteiger partial charge in [0.15, 0.2) is 5.78 Å². The van der Waals surface area contributed by atoms with E-state index in [1.165, 1.54) is 6.33 Å². The number of carbonyl (C=O) groups is 2. The lowest BCUT2D eigenvalue weighted by Crippen LogP contribution is -2.29. The summed E-state index contributed by atoms with van der Waals surface area (Å²) in [6.07, 6.45) is 3.54. The summed E-state index contributed by atoms with van der Waals surface area (Å²) in [5.41, 5.74) is 3.68. The summed E-state index contributed by atoms with van der Waals surface area (Å²) in [6, 6.07) is 15.2. The van der Waals surface area contributed by atoms with E-state index >= 15 is 0 Å². The average Bonchev–Trinajstić information content (AvgIpc) is 3.26. The maximum Gasteiger partial charge on any atom is 0.223 e. The molecule has 0 fully saturated rings. The average molecular weight is 376 g/mol. The molecule has 3 aromatic rings. The molecule has 1 amide bonds. The fourth-order valence-electron chi connectivity index (χ4n) is 2.97. The zero-order chi connectivity index (χ0) is 20.1. The minimum absolute atomic E-state index is 0.00779. The van der Waals surface area contributed by atoms with Gasteiger partial charge in [-0.2, -0.15) is 5.10 Å². The zero-order valence-electron chi connectivity index (χ0n) is 16.4. The van der Waals surface area contributed by atoms with E-state index < -0.39 is 0 Å². The standard InChI is InChI=1S/C22H24N4O2/c1-16-4-6-19(7-5-16)21(27)12-13-22(28)25(3)17(2)18-8-10-20(11-9-18)26-15-23-14-24-26/h4-11,14-15,17H,12-13H2,1-3H3. The minimum Gasteiger partial charge on any atom is -0.339 e. The van der Waals surface area contributed by atoms with Crippen molar-refractivity contribution in [3.05, 3.63) is 77.9 Å². The fraction of sp³-hybridized carbons (Fsp3) is 0.273. The molecule has 0 saturated carbocycles. The van der Waals surface area contributed by atoms with Crippen molar-refractivity contribution in [2.75, 3.05) is 7.05 Å². The summed E-state index contributed by atoms with van der Waals surface area (Å²) in [6.45, 7) is 3.96. The molecule has 0 aliphatic carbocycles. The predicted molar refractivity (Wildman–Crippen MR) is 107 cm³/mol. The summed E-state index contributed by atoms with van der Waals surface area (Å²) in [5.74, 6) is -0.0556. The minimum atomic E-state index is -0.0910. The van der Waals surface area contributed by atoms with Gasteiger partial charge in [-0.05, 0) is 31.5 Å². The SMILES string of the molecule is Cc1ccc(C(=O)CCC(=O)N(C)C(C)c2ccc(-n3cncn3)cc2)cc1. The molecule has 1 atom stereocenters. The monoisotopic (exact) mass is 376 g/mol. The largest absolute Gasteiger partial charge is 0.339 e. The summed E-state index contributed by atoms with van der Waals surface area (Å²) in [5, 5.41) is 4.10. The number of ketones is 1. The lowest BCUT2D eigenvalue weighted by molar-refractivity contribution is -0.131. The third-order valence-electron chi connectivity index (χ3n) is 4.97. The van der Waals surface area contributed by atoms with E-state index in [0.29, 0.717) is 5.56 Å². The van der Waals surface area contributed by atoms with Crippen molar-refractivity contribution < 1.29 is 9.59 Å². The van der Waals surface area contributed by atoms with Crippen LogP contribution in [0.3, 0.4) is 0 Å². The number of amides is 1. The first kappa shape index (κ1) is 19.5. The van der Waals surface area contributed by atoms with Crippen molar-refractivity contribution in [1.82, 2.24) is 19.7 Å². The van der Waals surface area contributed by atoms with Gasteiger partial charge in [0.2, 0.25) is 5.91 Å². The number of hydrogen-bond donors (Lipinski definition) is 0. The number of hydrogen-bond acceptors (Lipinski definition) is 4. The number of rotatable bonds is 7. The van der Waals surface area contributed by atoms with Crippen molar-refractivity contribution in [2.45, 2.75) is 32.7 Å². The molecule has 28 heavy (non-hydrogen) atoms. The topological polar surface area (TPSA) is 68.1 Å². The number of carbonyl (C=O) groups excluding carboxylic acids is 2. The highest BCUT2D eigenvalue weighted by Crippen LogP contribution is 2.21. The van der Waals surface area contributed by atoms with Crippen LogP contribution >= 0.6 is 0 Å². The summed E-state index contributed by atoms with van der Waals surface area (Å²) < 4.78 is 1.68. The Morgan fingerprint density at radius 1 is 1.04 bits per heavy atom. The Balaban J connectivity index is 1.57. The molecule has 6 heteroatoms. The van der Waals surface area contributed by atoms with Gasteiger partial charge in [0, 0.05) is 25.5 Å². The molecule has 1 aromatic heterocycles. The maximum atomic E-state index is 12.6. The molecule has 0 aliphatic rings. The number of Topliss-reactive ketones (excluding diaryl/α,β-unsaturated/α-hetero) is 1. The Kier molecular flexibility index (Phi) is 5.99. The molecular weight excluding hydrogens is 352 g/mol. The second kappa shape index (κ2) is 8.61. The fourth-order valence-corrected chi connectivity index (χ4v) is 2.97. The zero-order valence-corrected chi connectivity index (χ0v) is 16.4. The van der Waals surface area contributed by atoms with E-state index in [1.807, 2.05) is 62.4 Å². The third kappa shape index (κ3) is 4.52. The van der Waals surface area contributed by atoms with E-state index in [1.54, 1.807) is 23.0 Å². The third-order valence-corrected chi connectivity index (χ3v) is 4.97. The molecule has 0 N–H and O–H groups in total. The van der Waals surface area contributed by atoms with Crippen LogP contribution < -0.4 is 0 Å². The van der Waals surface area contributed by atoms with Crippen molar-refractivity contribution >= 4 is 11.7 Å². The Hall–Kier alpha value is -3.28. The van der Waals surface area contributed by atoms with Crippen LogP contribution in [-0.4, -0.2) is 38.4 Å². The maximum absolute atomic E-state index is 12.6. The lowest BCUT2D eigenvalue weighted by Gasteiger charge is -2.25. The Morgan fingerprint density at radius 3 is 2.32 bits per heavy atom. The highest BCUT2D eigenvalue weighted by molar-refractivity contribution is 5.98. The molecule has 2 aromatic carbocycles. The Morgan fingerprint density at radius 2 is 1.71 bits per heavy atom. The van der Waals surface area contributed by atoms with Gasteiger partial charge in [0.1, 0.15) is 12.7 Å². The van der Waals surface area contributed by atoms with Crippen LogP contribution in [0, 0.1) is 6.92 Å². The quantitative estimate of drug-likeness (QED) is 0.589. The number of nitrogens with zero attached hydrogens (tertiary/aromatic N) is 4. The van der Waals surface area contributed by atoms with E-state index in [4.69, 9.17) is 0 Å². The molecule has 1 unspecified atom stereocenters. The first-order chi connectivity index (χ1) is 13.5. The van der Waals surface area contributed by atoms with Crippen molar-refractivity contribution in [2.24, 2.45) is 0 Å². The van der Waals surface area contributed by atoms with Crippen LogP contribution in [0.1, 0.15) is 47.3 Å². The van der Waals surface area contributed by atoms with Gasteiger partial charge in [-0.15, -0.1) is 0 Å². The van der Waals surface area contributed by atoms with E-state index in [-0.39, 0.29) is 30.6 Å². The second-order valence-electron chi connectivity index (χ2n) is 6.90. The van der Waals surface area contributed by atoms with Crippen LogP contribution in [-0.2, 0) is 4.79 Å². The molecule has 1 heterocycles. The van der Waals surface area contributed by atoms with Gasteiger partial charge >= 0.3 is 0 Å². The van der Waals surface area contributed by atoms with E-state index in [2.05, 4.69) is 10.1 Å². The van der Waals surface area contributed by atoms with Crippen molar-refractivity contribution in [3.8, 4) is 5.69 Å². The van der Waals surface area contributed by atoms with Crippen molar-refractivity contribution in [3.63, 3.8) is 0 Å². The highest BCUT2D eigenvalue weighted by atomic mass is 16.2. The molecule has 0 saturated heterocycles. The van der Waals surface area contributed by atoms with Gasteiger partial charge in [-0.3, -0.25) is 9.59 Å². The molecule has 144 valence electrons. The molecule has 3 rings (SSSR count). The Bertz CT molecular complexity index is 932. The summed E-state index contributed by atoms with van der Waals surface area (Å²) >= 11 is 0. The number of aryl methyl sites for hydroxylation is 1. The van der Waals surface area contributed by atoms with Gasteiger partial charge in [-0.1, -0.05) is 42.0 Å².